The summed E-state index contributed by atoms with van der Waals surface area (Å²) in [7, 11) is 3.26. The Morgan fingerprint density at radius 1 is 1.53 bits per heavy atom. The van der Waals surface area contributed by atoms with Crippen molar-refractivity contribution in [2.45, 2.75) is 0 Å². The van der Waals surface area contributed by atoms with Crippen molar-refractivity contribution in [2.24, 2.45) is 0 Å². The van der Waals surface area contributed by atoms with Crippen molar-refractivity contribution >= 4 is 23.4 Å². The molecule has 0 fully saturated rings. The molecule has 17 heavy (non-hydrogen) atoms. The maximum atomic E-state index is 11.3. The minimum Gasteiger partial charge on any atom is -0.478 e. The largest absolute Gasteiger partial charge is 0.478 e. The van der Waals surface area contributed by atoms with Gasteiger partial charge in [-0.3, -0.25) is 4.79 Å². The minimum atomic E-state index is -1.13. The molecule has 1 rings (SSSR count). The number of nitrogens with two attached hydrogens (primary N) is 1. The Morgan fingerprint density at radius 2 is 2.18 bits per heavy atom. The van der Waals surface area contributed by atoms with Crippen LogP contribution in [0, 0.1) is 0 Å². The van der Waals surface area contributed by atoms with Crippen LogP contribution >= 0.6 is 0 Å². The van der Waals surface area contributed by atoms with Gasteiger partial charge in [-0.15, -0.1) is 0 Å². The fourth-order valence-corrected chi connectivity index (χ4v) is 1.07. The number of amides is 1. The lowest BCUT2D eigenvalue weighted by atomic mass is 10.2. The van der Waals surface area contributed by atoms with Crippen LogP contribution in [0.2, 0.25) is 0 Å². The molecule has 1 amide bonds. The molecular weight excluding hydrogens is 224 g/mol. The zero-order chi connectivity index (χ0) is 13.0. The average Bonchev–Trinajstić information content (AvgIpc) is 2.26. The zero-order valence-electron chi connectivity index (χ0n) is 9.60. The second-order valence-electron chi connectivity index (χ2n) is 3.60. The summed E-state index contributed by atoms with van der Waals surface area (Å²) in [5.41, 5.74) is 5.49. The molecule has 1 heterocycles. The molecule has 1 aromatic rings. The predicted octanol–water partition coefficient (Wildman–Crippen LogP) is -0.138. The SMILES string of the molecule is CN(C)C(=O)CNc1cc(C(=O)O)c(N)cn1. The van der Waals surface area contributed by atoms with E-state index in [-0.39, 0.29) is 23.7 Å². The van der Waals surface area contributed by atoms with Gasteiger partial charge >= 0.3 is 5.97 Å². The van der Waals surface area contributed by atoms with Crippen LogP contribution in [0.3, 0.4) is 0 Å². The van der Waals surface area contributed by atoms with Crippen molar-refractivity contribution in [1.29, 1.82) is 0 Å². The normalized spacial score (nSPS) is 9.76. The third-order valence-electron chi connectivity index (χ3n) is 2.08. The Bertz CT molecular complexity index is 445. The standard InChI is InChI=1S/C10H14N4O3/c1-14(2)9(15)5-13-8-3-6(10(16)17)7(11)4-12-8/h3-4H,5,11H2,1-2H3,(H,12,13)(H,16,17). The van der Waals surface area contributed by atoms with E-state index in [1.807, 2.05) is 0 Å². The first kappa shape index (κ1) is 12.8. The van der Waals surface area contributed by atoms with Crippen LogP contribution in [0.25, 0.3) is 0 Å². The number of carboxylic acid groups (broad SMARTS) is 1. The summed E-state index contributed by atoms with van der Waals surface area (Å²) in [5, 5.41) is 11.6. The summed E-state index contributed by atoms with van der Waals surface area (Å²) in [5.74, 6) is -0.973. The lowest BCUT2D eigenvalue weighted by molar-refractivity contribution is -0.126. The van der Waals surface area contributed by atoms with E-state index in [2.05, 4.69) is 10.3 Å². The summed E-state index contributed by atoms with van der Waals surface area (Å²) >= 11 is 0. The fourth-order valence-electron chi connectivity index (χ4n) is 1.07. The van der Waals surface area contributed by atoms with E-state index in [0.29, 0.717) is 5.82 Å². The summed E-state index contributed by atoms with van der Waals surface area (Å²) in [4.78, 5) is 27.4. The van der Waals surface area contributed by atoms with Crippen molar-refractivity contribution in [1.82, 2.24) is 9.88 Å². The molecule has 7 nitrogen and oxygen atoms in total. The number of hydrogen-bond acceptors (Lipinski definition) is 5. The average molecular weight is 238 g/mol. The maximum Gasteiger partial charge on any atom is 0.337 e. The van der Waals surface area contributed by atoms with Gasteiger partial charge in [-0.25, -0.2) is 9.78 Å². The van der Waals surface area contributed by atoms with Crippen molar-refractivity contribution < 1.29 is 14.7 Å². The third-order valence-corrected chi connectivity index (χ3v) is 2.08. The van der Waals surface area contributed by atoms with Crippen LogP contribution in [-0.2, 0) is 4.79 Å². The number of aromatic nitrogens is 1. The maximum absolute atomic E-state index is 11.3. The Hall–Kier alpha value is -2.31. The van der Waals surface area contributed by atoms with Gasteiger partial charge in [0.25, 0.3) is 0 Å². The van der Waals surface area contributed by atoms with Crippen LogP contribution in [0.5, 0.6) is 0 Å². The van der Waals surface area contributed by atoms with Gasteiger partial charge in [-0.1, -0.05) is 0 Å². The molecule has 4 N–H and O–H groups in total. The molecule has 0 radical (unpaired) electrons. The van der Waals surface area contributed by atoms with Gasteiger partial charge in [0.2, 0.25) is 5.91 Å². The first-order chi connectivity index (χ1) is 7.91. The van der Waals surface area contributed by atoms with Gasteiger partial charge in [0.1, 0.15) is 5.82 Å². The highest BCUT2D eigenvalue weighted by Gasteiger charge is 2.10. The number of carbonyl (C=O) groups excluding carboxylic acids is 1. The molecule has 0 saturated heterocycles. The summed E-state index contributed by atoms with van der Waals surface area (Å²) in [6, 6.07) is 1.29. The lowest BCUT2D eigenvalue weighted by Crippen LogP contribution is -2.28. The number of rotatable bonds is 4. The number of pyridine rings is 1. The molecule has 0 aromatic carbocycles. The van der Waals surface area contributed by atoms with E-state index < -0.39 is 5.97 Å². The van der Waals surface area contributed by atoms with Crippen molar-refractivity contribution in [3.8, 4) is 0 Å². The molecule has 92 valence electrons. The van der Waals surface area contributed by atoms with Crippen molar-refractivity contribution in [2.75, 3.05) is 31.7 Å². The summed E-state index contributed by atoms with van der Waals surface area (Å²) in [6.45, 7) is 0.0446. The number of anilines is 2. The van der Waals surface area contributed by atoms with Gasteiger partial charge in [-0.2, -0.15) is 0 Å². The van der Waals surface area contributed by atoms with E-state index in [4.69, 9.17) is 10.8 Å². The van der Waals surface area contributed by atoms with Gasteiger partial charge in [0.05, 0.1) is 24.0 Å². The number of aromatic carboxylic acids is 1. The van der Waals surface area contributed by atoms with E-state index in [0.717, 1.165) is 0 Å². The molecule has 0 aliphatic heterocycles. The highest BCUT2D eigenvalue weighted by atomic mass is 16.4. The van der Waals surface area contributed by atoms with E-state index in [1.165, 1.54) is 17.2 Å². The molecule has 1 aromatic heterocycles. The number of nitrogens with zero attached hydrogens (tertiary/aromatic N) is 2. The lowest BCUT2D eigenvalue weighted by Gasteiger charge is -2.11. The third kappa shape index (κ3) is 3.33. The molecule has 0 aliphatic carbocycles. The van der Waals surface area contributed by atoms with Gasteiger partial charge in [0, 0.05) is 14.1 Å². The van der Waals surface area contributed by atoms with Crippen molar-refractivity contribution in [3.05, 3.63) is 17.8 Å². The fraction of sp³-hybridized carbons (Fsp3) is 0.300. The molecule has 0 spiro atoms. The summed E-state index contributed by atoms with van der Waals surface area (Å²) in [6.07, 6.45) is 1.24. The van der Waals surface area contributed by atoms with Crippen LogP contribution in [-0.4, -0.2) is 47.5 Å². The molecule has 0 saturated carbocycles. The second-order valence-corrected chi connectivity index (χ2v) is 3.60. The monoisotopic (exact) mass is 238 g/mol. The molecule has 0 bridgehead atoms. The smallest absolute Gasteiger partial charge is 0.337 e. The minimum absolute atomic E-state index is 0.0418. The molecule has 0 aliphatic rings. The van der Waals surface area contributed by atoms with E-state index in [9.17, 15) is 9.59 Å². The molecule has 0 unspecified atom stereocenters. The summed E-state index contributed by atoms with van der Waals surface area (Å²) < 4.78 is 0. The van der Waals surface area contributed by atoms with Crippen LogP contribution < -0.4 is 11.1 Å². The molecule has 0 atom stereocenters. The Balaban J connectivity index is 2.76. The van der Waals surface area contributed by atoms with E-state index in [1.54, 1.807) is 14.1 Å². The molecular formula is C10H14N4O3. The number of likely N-dealkylation sites (N-methyl/N-ethyl adjacent to an activating group) is 1. The second kappa shape index (κ2) is 5.15. The first-order valence-electron chi connectivity index (χ1n) is 4.84. The number of nitrogens with one attached hydrogen (secondary N) is 1. The van der Waals surface area contributed by atoms with Crippen molar-refractivity contribution in [3.63, 3.8) is 0 Å². The van der Waals surface area contributed by atoms with Crippen LogP contribution in [0.1, 0.15) is 10.4 Å². The first-order valence-corrected chi connectivity index (χ1v) is 4.84. The van der Waals surface area contributed by atoms with Gasteiger partial charge < -0.3 is 21.1 Å². The number of nitrogen functional groups attached to an aromatic ring is 1. The van der Waals surface area contributed by atoms with Crippen LogP contribution in [0.4, 0.5) is 11.5 Å². The topological polar surface area (TPSA) is 109 Å². The predicted molar refractivity (Wildman–Crippen MR) is 62.8 cm³/mol. The molecule has 7 heteroatoms. The van der Waals surface area contributed by atoms with E-state index >= 15 is 0 Å². The Morgan fingerprint density at radius 3 is 2.71 bits per heavy atom. The highest BCUT2D eigenvalue weighted by molar-refractivity contribution is 5.94. The Kier molecular flexibility index (Phi) is 3.86. The van der Waals surface area contributed by atoms with Gasteiger partial charge in [0.15, 0.2) is 0 Å². The van der Waals surface area contributed by atoms with Gasteiger partial charge in [-0.05, 0) is 6.07 Å². The Labute approximate surface area is 98.2 Å². The number of carbonyl (C=O) groups is 2. The number of carboxylic acids is 1. The zero-order valence-corrected chi connectivity index (χ0v) is 9.60. The number of hydrogen-bond donors (Lipinski definition) is 3. The highest BCUT2D eigenvalue weighted by Crippen LogP contribution is 2.14. The quantitative estimate of drug-likeness (QED) is 0.673. The van der Waals surface area contributed by atoms with Crippen LogP contribution in [0.15, 0.2) is 12.3 Å².